The number of ketones is 1. The van der Waals surface area contributed by atoms with Crippen molar-refractivity contribution < 1.29 is 38.2 Å². The van der Waals surface area contributed by atoms with Gasteiger partial charge in [0.05, 0.1) is 0 Å². The van der Waals surface area contributed by atoms with Crippen LogP contribution in [-0.2, 0) is 10.2 Å². The molecule has 9 heteroatoms. The van der Waals surface area contributed by atoms with Crippen LogP contribution in [0.3, 0.4) is 0 Å². The van der Waals surface area contributed by atoms with Crippen molar-refractivity contribution in [2.45, 2.75) is 19.3 Å². The molecule has 0 fully saturated rings. The van der Waals surface area contributed by atoms with E-state index in [2.05, 4.69) is 134 Å². The third-order valence-corrected chi connectivity index (χ3v) is 10.4. The van der Waals surface area contributed by atoms with Gasteiger partial charge in [0.25, 0.3) is 0 Å². The number of hydrogen-bond acceptors (Lipinski definition) is 6. The van der Waals surface area contributed by atoms with Crippen LogP contribution in [0.2, 0.25) is 5.02 Å². The Morgan fingerprint density at radius 3 is 1.63 bits per heavy atom. The molecule has 0 bridgehead atoms. The van der Waals surface area contributed by atoms with Gasteiger partial charge < -0.3 is 4.90 Å². The van der Waals surface area contributed by atoms with Crippen LogP contribution in [0.1, 0.15) is 25.0 Å². The minimum atomic E-state index is -4.94. The predicted molar refractivity (Wildman–Crippen MR) is 216 cm³/mol. The van der Waals surface area contributed by atoms with Gasteiger partial charge >= 0.3 is 0 Å². The second-order valence-corrected chi connectivity index (χ2v) is 15.4. The van der Waals surface area contributed by atoms with Crippen molar-refractivity contribution in [1.82, 2.24) is 0 Å². The van der Waals surface area contributed by atoms with Crippen LogP contribution in [0.25, 0.3) is 44.9 Å². The number of benzene rings is 5. The van der Waals surface area contributed by atoms with E-state index in [9.17, 15) is 4.79 Å². The Labute approximate surface area is 339 Å². The Morgan fingerprint density at radius 1 is 0.614 bits per heavy atom. The Kier molecular flexibility index (Phi) is 11.2. The lowest BCUT2D eigenvalue weighted by Gasteiger charge is -2.24. The van der Waals surface area contributed by atoms with Crippen LogP contribution in [0.15, 0.2) is 187 Å². The molecule has 6 aromatic rings. The molecular weight excluding hydrogens is 755 g/mol. The van der Waals surface area contributed by atoms with Gasteiger partial charge in [-0.2, -0.15) is 4.57 Å². The number of fused-ring (bicyclic) bond motifs is 1. The second kappa shape index (κ2) is 16.3. The van der Waals surface area contributed by atoms with E-state index in [0.717, 1.165) is 50.6 Å². The highest BCUT2D eigenvalue weighted by atomic mass is 35.7. The molecule has 1 aliphatic carbocycles. The van der Waals surface area contributed by atoms with Gasteiger partial charge in [0.1, 0.15) is 0 Å². The lowest BCUT2D eigenvalue weighted by molar-refractivity contribution is -2.00. The summed E-state index contributed by atoms with van der Waals surface area (Å²) in [5.41, 5.74) is 12.7. The standard InChI is InChI=1S/C48H38ClN2O.ClHO4/c1-48(2)42-21-13-14-22-43(42)50(3)46(48)28-25-37-29-40(32-41(47(37)52)34-15-7-4-8-16-34)51-44(35-17-9-5-10-18-35)30-38(33-23-26-39(49)27-24-33)31-45(51)36-19-11-6-12-20-36;2-1(3,4)5/h4-32H,1-3H3;(H,2,3,4,5)/q+1;/p-1/b37-25-,46-28-;. The zero-order chi connectivity index (χ0) is 40.3. The summed E-state index contributed by atoms with van der Waals surface area (Å²) in [4.78, 5) is 16.7. The van der Waals surface area contributed by atoms with Gasteiger partial charge in [-0.25, -0.2) is 18.6 Å². The molecule has 0 radical (unpaired) electrons. The fourth-order valence-electron chi connectivity index (χ4n) is 7.52. The monoisotopic (exact) mass is 792 g/mol. The number of nitrogens with zero attached hydrogens (tertiary/aromatic N) is 2. The number of carbonyl (C=O) groups excluding carboxylic acids is 1. The smallest absolute Gasteiger partial charge is 0.219 e. The number of anilines is 1. The lowest BCUT2D eigenvalue weighted by Crippen LogP contribution is -2.68. The van der Waals surface area contributed by atoms with Crippen LogP contribution in [-0.4, -0.2) is 12.8 Å². The molecule has 284 valence electrons. The molecule has 0 N–H and O–H groups in total. The van der Waals surface area contributed by atoms with Gasteiger partial charge in [-0.15, -0.1) is 10.2 Å². The summed E-state index contributed by atoms with van der Waals surface area (Å²) >= 11 is 6.33. The fourth-order valence-corrected chi connectivity index (χ4v) is 7.64. The van der Waals surface area contributed by atoms with Crippen LogP contribution >= 0.6 is 11.6 Å². The molecule has 0 unspecified atom stereocenters. The lowest BCUT2D eigenvalue weighted by atomic mass is 9.83. The van der Waals surface area contributed by atoms with Crippen molar-refractivity contribution in [2.24, 2.45) is 0 Å². The van der Waals surface area contributed by atoms with E-state index in [4.69, 9.17) is 30.2 Å². The molecular formula is C48H38Cl2N2O5. The minimum absolute atomic E-state index is 0.0105. The maximum atomic E-state index is 14.5. The molecule has 2 heterocycles. The van der Waals surface area contributed by atoms with E-state index in [1.807, 2.05) is 72.8 Å². The molecule has 7 nitrogen and oxygen atoms in total. The molecule has 0 amide bonds. The summed E-state index contributed by atoms with van der Waals surface area (Å²) in [7, 11) is -2.84. The number of hydrogen-bond donors (Lipinski definition) is 0. The number of pyridine rings is 1. The molecule has 5 aromatic carbocycles. The SMILES string of the molecule is CN1/C(=C\C=C2\C=C([n+]3c(-c4ccccc4)cc(-c4ccc(Cl)cc4)cc3-c3ccccc3)C=C(c3ccccc3)C2=O)C(C)(C)c2ccccc21.[O-][Cl+3]([O-])([O-])[O-]. The summed E-state index contributed by atoms with van der Waals surface area (Å²) in [6.07, 6.45) is 8.22. The van der Waals surface area contributed by atoms with Crippen LogP contribution in [0.5, 0.6) is 0 Å². The summed E-state index contributed by atoms with van der Waals surface area (Å²) in [6.45, 7) is 4.49. The highest BCUT2D eigenvalue weighted by Crippen LogP contribution is 2.47. The number of carbonyl (C=O) groups is 1. The molecule has 1 aliphatic heterocycles. The topological polar surface area (TPSA) is 116 Å². The predicted octanol–water partition coefficient (Wildman–Crippen LogP) is 6.62. The highest BCUT2D eigenvalue weighted by molar-refractivity contribution is 6.32. The number of rotatable bonds is 6. The number of para-hydroxylation sites is 1. The van der Waals surface area contributed by atoms with Crippen molar-refractivity contribution >= 4 is 34.3 Å². The van der Waals surface area contributed by atoms with Gasteiger partial charge in [-0.3, -0.25) is 4.79 Å². The Bertz CT molecular complexity index is 2490. The number of likely N-dealkylation sites (N-methyl/N-ethyl adjacent to an activating group) is 1. The fraction of sp³-hybridized carbons (Fsp3) is 0.0833. The number of allylic oxidation sites excluding steroid dienone is 8. The van der Waals surface area contributed by atoms with Gasteiger partial charge in [0.15, 0.2) is 5.78 Å². The highest BCUT2D eigenvalue weighted by Gasteiger charge is 2.38. The van der Waals surface area contributed by atoms with Gasteiger partial charge in [-0.1, -0.05) is 123 Å². The van der Waals surface area contributed by atoms with Crippen molar-refractivity contribution in [3.63, 3.8) is 0 Å². The quantitative estimate of drug-likeness (QED) is 0.138. The minimum Gasteiger partial charge on any atom is -0.347 e. The van der Waals surface area contributed by atoms with E-state index in [0.29, 0.717) is 16.2 Å². The normalized spacial score (nSPS) is 16.1. The van der Waals surface area contributed by atoms with Crippen molar-refractivity contribution in [1.29, 1.82) is 0 Å². The van der Waals surface area contributed by atoms with E-state index in [1.54, 1.807) is 0 Å². The third-order valence-electron chi connectivity index (χ3n) is 10.2. The van der Waals surface area contributed by atoms with Crippen molar-refractivity contribution in [3.05, 3.63) is 203 Å². The number of Topliss-reactive ketones (excluding diaryl/α,β-unsaturated/α-hetero) is 1. The maximum absolute atomic E-state index is 14.5. The first-order chi connectivity index (χ1) is 27.3. The first-order valence-corrected chi connectivity index (χ1v) is 19.8. The second-order valence-electron chi connectivity index (χ2n) is 14.2. The first kappa shape index (κ1) is 39.3. The average molecular weight is 794 g/mol. The Morgan fingerprint density at radius 2 is 1.11 bits per heavy atom. The van der Waals surface area contributed by atoms with Crippen LogP contribution < -0.4 is 28.1 Å². The molecule has 0 spiro atoms. The largest absolute Gasteiger partial charge is 0.347 e. The molecule has 1 aromatic heterocycles. The van der Waals surface area contributed by atoms with Crippen LogP contribution in [0.4, 0.5) is 5.69 Å². The third kappa shape index (κ3) is 8.60. The average Bonchev–Trinajstić information content (AvgIpc) is 3.41. The molecule has 57 heavy (non-hydrogen) atoms. The summed E-state index contributed by atoms with van der Waals surface area (Å²) in [6, 6.07) is 51.8. The zero-order valence-corrected chi connectivity index (χ0v) is 32.9. The molecule has 2 aliphatic rings. The summed E-state index contributed by atoms with van der Waals surface area (Å²) in [5, 5.41) is 0.697. The maximum Gasteiger partial charge on any atom is 0.219 e. The van der Waals surface area contributed by atoms with Crippen LogP contribution in [0, 0.1) is 10.2 Å². The van der Waals surface area contributed by atoms with E-state index in [1.165, 1.54) is 11.3 Å². The van der Waals surface area contributed by atoms with Gasteiger partial charge in [-0.05, 0) is 76.9 Å². The van der Waals surface area contributed by atoms with Gasteiger partial charge in [0, 0.05) is 75.4 Å². The first-order valence-electron chi connectivity index (χ1n) is 18.2. The molecule has 8 rings (SSSR count). The number of aromatic nitrogens is 1. The van der Waals surface area contributed by atoms with E-state index < -0.39 is 10.2 Å². The van der Waals surface area contributed by atoms with Crippen molar-refractivity contribution in [3.8, 4) is 33.6 Å². The van der Waals surface area contributed by atoms with E-state index >= 15 is 0 Å². The summed E-state index contributed by atoms with van der Waals surface area (Å²) in [5.74, 6) is -0.0105. The summed E-state index contributed by atoms with van der Waals surface area (Å²) < 4.78 is 36.3. The van der Waals surface area contributed by atoms with Gasteiger partial charge in [0.2, 0.25) is 17.1 Å². The number of halogens is 2. The van der Waals surface area contributed by atoms with Crippen molar-refractivity contribution in [2.75, 3.05) is 11.9 Å². The van der Waals surface area contributed by atoms with E-state index in [-0.39, 0.29) is 11.2 Å². The zero-order valence-electron chi connectivity index (χ0n) is 31.4. The molecule has 0 saturated carbocycles. The Hall–Kier alpha value is -5.90. The molecule has 0 atom stereocenters. The molecule has 0 saturated heterocycles. The Balaban J connectivity index is 0.000000935.